The number of hydrogen-bond donors (Lipinski definition) is 2. The molecule has 1 aromatic heterocycles. The number of rotatable bonds is 8. The molecule has 2 aliphatic carbocycles. The van der Waals surface area contributed by atoms with Gasteiger partial charge in [-0.1, -0.05) is 19.0 Å². The van der Waals surface area contributed by atoms with E-state index < -0.39 is 17.8 Å². The Balaban J connectivity index is 1.59. The van der Waals surface area contributed by atoms with Gasteiger partial charge in [0.05, 0.1) is 30.2 Å². The van der Waals surface area contributed by atoms with E-state index in [-0.39, 0.29) is 28.7 Å². The summed E-state index contributed by atoms with van der Waals surface area (Å²) in [5.74, 6) is -0.608. The standard InChI is InChI=1S/C26H34F3N5O3/c1-25(2)11-10-20-22(15-25)34(33-23(20)26(27,28)29)17-6-9-19(24(30)35)21(14-17)32-16-4-7-18(8-5-16)37-13-12-31-36-3/h6,9,12,14,16,18,32H,4-5,7-8,10-11,13,15H2,1-3H3,(H2,30,35)/b31-12+. The summed E-state index contributed by atoms with van der Waals surface area (Å²) in [6.45, 7) is 4.47. The number of carbonyl (C=O) groups is 1. The van der Waals surface area contributed by atoms with Gasteiger partial charge in [0.15, 0.2) is 5.69 Å². The quantitative estimate of drug-likeness (QED) is 0.381. The number of amides is 1. The molecule has 3 N–H and O–H groups in total. The average molecular weight is 522 g/mol. The molecule has 8 nitrogen and oxygen atoms in total. The van der Waals surface area contributed by atoms with Gasteiger partial charge >= 0.3 is 6.18 Å². The molecule has 1 aromatic carbocycles. The largest absolute Gasteiger partial charge is 0.435 e. The summed E-state index contributed by atoms with van der Waals surface area (Å²) >= 11 is 0. The van der Waals surface area contributed by atoms with Gasteiger partial charge in [-0.15, -0.1) is 0 Å². The normalized spacial score (nSPS) is 21.6. The molecular weight excluding hydrogens is 487 g/mol. The number of benzene rings is 1. The number of nitrogens with one attached hydrogen (secondary N) is 1. The lowest BCUT2D eigenvalue weighted by molar-refractivity contribution is -0.142. The van der Waals surface area contributed by atoms with Crippen molar-refractivity contribution in [2.75, 3.05) is 19.0 Å². The zero-order valence-corrected chi connectivity index (χ0v) is 21.4. The molecule has 0 spiro atoms. The van der Waals surface area contributed by atoms with Gasteiger partial charge in [-0.25, -0.2) is 4.68 Å². The Morgan fingerprint density at radius 1 is 1.30 bits per heavy atom. The van der Waals surface area contributed by atoms with Crippen molar-refractivity contribution >= 4 is 17.8 Å². The summed E-state index contributed by atoms with van der Waals surface area (Å²) < 4.78 is 48.7. The number of primary amides is 1. The van der Waals surface area contributed by atoms with Crippen LogP contribution in [0.25, 0.3) is 5.69 Å². The van der Waals surface area contributed by atoms with Crippen molar-refractivity contribution in [1.82, 2.24) is 9.78 Å². The number of nitrogens with zero attached hydrogens (tertiary/aromatic N) is 3. The number of anilines is 1. The van der Waals surface area contributed by atoms with E-state index in [0.29, 0.717) is 42.9 Å². The van der Waals surface area contributed by atoms with Gasteiger partial charge in [-0.2, -0.15) is 18.3 Å². The van der Waals surface area contributed by atoms with E-state index in [1.54, 1.807) is 24.4 Å². The van der Waals surface area contributed by atoms with E-state index in [1.165, 1.54) is 11.8 Å². The lowest BCUT2D eigenvalue weighted by Gasteiger charge is -2.31. The lowest BCUT2D eigenvalue weighted by atomic mass is 9.76. The fraction of sp³-hybridized carbons (Fsp3) is 0.577. The number of nitrogens with two attached hydrogens (primary N) is 1. The van der Waals surface area contributed by atoms with Gasteiger partial charge in [0, 0.05) is 23.0 Å². The second-order valence-electron chi connectivity index (χ2n) is 10.5. The predicted molar refractivity (Wildman–Crippen MR) is 134 cm³/mol. The Hall–Kier alpha value is -3.08. The van der Waals surface area contributed by atoms with E-state index >= 15 is 0 Å². The Bertz CT molecular complexity index is 1150. The van der Waals surface area contributed by atoms with Crippen LogP contribution in [-0.2, 0) is 28.6 Å². The third-order valence-electron chi connectivity index (χ3n) is 7.19. The van der Waals surface area contributed by atoms with E-state index in [4.69, 9.17) is 10.5 Å². The smallest absolute Gasteiger partial charge is 0.399 e. The number of ether oxygens (including phenoxy) is 1. The van der Waals surface area contributed by atoms with Crippen LogP contribution in [0.5, 0.6) is 0 Å². The highest BCUT2D eigenvalue weighted by Crippen LogP contribution is 2.42. The molecule has 0 aliphatic heterocycles. The summed E-state index contributed by atoms with van der Waals surface area (Å²) in [5.41, 5.74) is 6.72. The first-order valence-electron chi connectivity index (χ1n) is 12.5. The highest BCUT2D eigenvalue weighted by Gasteiger charge is 2.42. The van der Waals surface area contributed by atoms with E-state index in [9.17, 15) is 18.0 Å². The first-order chi connectivity index (χ1) is 17.5. The molecule has 0 radical (unpaired) electrons. The van der Waals surface area contributed by atoms with Crippen LogP contribution in [0, 0.1) is 5.41 Å². The number of halogens is 3. The zero-order chi connectivity index (χ0) is 26.8. The SMILES string of the molecule is CO/N=C/COC1CCC(Nc2cc(-n3nc(C(F)(F)F)c4c3CC(C)(C)CC4)ccc2C(N)=O)CC1. The topological polar surface area (TPSA) is 104 Å². The van der Waals surface area contributed by atoms with Crippen LogP contribution in [0.15, 0.2) is 23.4 Å². The van der Waals surface area contributed by atoms with Crippen molar-refractivity contribution < 1.29 is 27.5 Å². The minimum atomic E-state index is -4.54. The highest BCUT2D eigenvalue weighted by atomic mass is 19.4. The molecule has 0 unspecified atom stereocenters. The third-order valence-corrected chi connectivity index (χ3v) is 7.19. The summed E-state index contributed by atoms with van der Waals surface area (Å²) in [7, 11) is 1.47. The molecular formula is C26H34F3N5O3. The van der Waals surface area contributed by atoms with Crippen molar-refractivity contribution in [3.8, 4) is 5.69 Å². The maximum atomic E-state index is 13.8. The second-order valence-corrected chi connectivity index (χ2v) is 10.5. The van der Waals surface area contributed by atoms with E-state index in [0.717, 1.165) is 25.7 Å². The van der Waals surface area contributed by atoms with Gasteiger partial charge in [-0.05, 0) is 68.6 Å². The summed E-state index contributed by atoms with van der Waals surface area (Å²) in [5, 5.41) is 11.1. The van der Waals surface area contributed by atoms with Crippen LogP contribution in [-0.4, -0.2) is 47.8 Å². The van der Waals surface area contributed by atoms with Crippen molar-refractivity contribution in [2.24, 2.45) is 16.3 Å². The monoisotopic (exact) mass is 521 g/mol. The maximum absolute atomic E-state index is 13.8. The molecule has 2 aliphatic rings. The van der Waals surface area contributed by atoms with Gasteiger partial charge in [0.2, 0.25) is 0 Å². The summed E-state index contributed by atoms with van der Waals surface area (Å²) in [6, 6.07) is 4.90. The second kappa shape index (κ2) is 10.7. The van der Waals surface area contributed by atoms with Gasteiger partial charge in [0.1, 0.15) is 7.11 Å². The fourth-order valence-electron chi connectivity index (χ4n) is 5.25. The lowest BCUT2D eigenvalue weighted by Crippen LogP contribution is -2.31. The molecule has 1 saturated carbocycles. The maximum Gasteiger partial charge on any atom is 0.435 e. The molecule has 2 aromatic rings. The van der Waals surface area contributed by atoms with Crippen LogP contribution in [0.2, 0.25) is 0 Å². The Labute approximate surface area is 214 Å². The first kappa shape index (κ1) is 27.0. The molecule has 4 rings (SSSR count). The van der Waals surface area contributed by atoms with Crippen LogP contribution < -0.4 is 11.1 Å². The van der Waals surface area contributed by atoms with Crippen molar-refractivity contribution in [3.05, 3.63) is 40.7 Å². The van der Waals surface area contributed by atoms with Crippen LogP contribution in [0.1, 0.15) is 73.3 Å². The molecule has 11 heteroatoms. The van der Waals surface area contributed by atoms with Crippen molar-refractivity contribution in [3.63, 3.8) is 0 Å². The number of hydrogen-bond acceptors (Lipinski definition) is 6. The highest BCUT2D eigenvalue weighted by molar-refractivity contribution is 5.99. The Morgan fingerprint density at radius 2 is 2.03 bits per heavy atom. The minimum absolute atomic E-state index is 0.0667. The van der Waals surface area contributed by atoms with Crippen molar-refractivity contribution in [1.29, 1.82) is 0 Å². The van der Waals surface area contributed by atoms with Crippen LogP contribution >= 0.6 is 0 Å². The Morgan fingerprint density at radius 3 is 2.68 bits per heavy atom. The molecule has 0 saturated heterocycles. The zero-order valence-electron chi connectivity index (χ0n) is 21.4. The molecule has 202 valence electrons. The molecule has 1 heterocycles. The van der Waals surface area contributed by atoms with Gasteiger partial charge in [-0.3, -0.25) is 4.79 Å². The summed E-state index contributed by atoms with van der Waals surface area (Å²) in [4.78, 5) is 16.8. The van der Waals surface area contributed by atoms with Gasteiger partial charge in [0.25, 0.3) is 5.91 Å². The number of oxime groups is 1. The molecule has 1 fully saturated rings. The molecule has 37 heavy (non-hydrogen) atoms. The number of alkyl halides is 3. The van der Waals surface area contributed by atoms with E-state index in [1.807, 2.05) is 13.8 Å². The van der Waals surface area contributed by atoms with E-state index in [2.05, 4.69) is 20.4 Å². The molecule has 0 atom stereocenters. The fourth-order valence-corrected chi connectivity index (χ4v) is 5.25. The first-order valence-corrected chi connectivity index (χ1v) is 12.5. The number of aromatic nitrogens is 2. The average Bonchev–Trinajstić information content (AvgIpc) is 3.21. The third kappa shape index (κ3) is 6.26. The Kier molecular flexibility index (Phi) is 7.82. The molecule has 1 amide bonds. The van der Waals surface area contributed by atoms with Crippen molar-refractivity contribution in [2.45, 2.75) is 77.1 Å². The van der Waals surface area contributed by atoms with Crippen LogP contribution in [0.3, 0.4) is 0 Å². The predicted octanol–water partition coefficient (Wildman–Crippen LogP) is 4.88. The minimum Gasteiger partial charge on any atom is -0.399 e. The van der Waals surface area contributed by atoms with Crippen LogP contribution in [0.4, 0.5) is 18.9 Å². The number of fused-ring (bicyclic) bond motifs is 1. The number of carbonyl (C=O) groups excluding carboxylic acids is 1. The molecule has 0 bridgehead atoms. The summed E-state index contributed by atoms with van der Waals surface area (Å²) in [6.07, 6.45) is 1.83. The van der Waals surface area contributed by atoms with Gasteiger partial charge < -0.3 is 20.6 Å².